The van der Waals surface area contributed by atoms with E-state index in [2.05, 4.69) is 45.9 Å². The second-order valence-electron chi connectivity index (χ2n) is 8.72. The molecule has 0 aliphatic carbocycles. The number of hydrogen-bond donors (Lipinski definition) is 1. The molecular formula is C17H38O6Si3. The van der Waals surface area contributed by atoms with E-state index in [0.29, 0.717) is 24.8 Å². The highest BCUT2D eigenvalue weighted by Crippen LogP contribution is 2.26. The number of esters is 1. The summed E-state index contributed by atoms with van der Waals surface area (Å²) < 4.78 is 24.0. The van der Waals surface area contributed by atoms with E-state index in [0.717, 1.165) is 6.42 Å². The van der Waals surface area contributed by atoms with Crippen molar-refractivity contribution in [3.63, 3.8) is 0 Å². The molecule has 6 nitrogen and oxygen atoms in total. The van der Waals surface area contributed by atoms with Gasteiger partial charge in [-0.25, -0.2) is 4.79 Å². The van der Waals surface area contributed by atoms with Crippen molar-refractivity contribution >= 4 is 31.2 Å². The van der Waals surface area contributed by atoms with E-state index in [1.54, 1.807) is 13.8 Å². The fourth-order valence-electron chi connectivity index (χ4n) is 2.37. The maximum absolute atomic E-state index is 11.9. The Bertz CT molecular complexity index is 438. The van der Waals surface area contributed by atoms with Gasteiger partial charge in [0, 0.05) is 12.2 Å². The van der Waals surface area contributed by atoms with Gasteiger partial charge in [0.05, 0.1) is 12.7 Å². The first-order chi connectivity index (χ1) is 11.7. The fourth-order valence-corrected chi connectivity index (χ4v) is 14.3. The van der Waals surface area contributed by atoms with Crippen LogP contribution in [0.2, 0.25) is 45.3 Å². The quantitative estimate of drug-likeness (QED) is 0.212. The molecule has 0 saturated carbocycles. The average Bonchev–Trinajstić information content (AvgIpc) is 2.40. The summed E-state index contributed by atoms with van der Waals surface area (Å²) in [6.45, 7) is 20.5. The number of aliphatic hydroxyl groups excluding tert-OH is 1. The minimum atomic E-state index is -2.76. The Morgan fingerprint density at radius 2 is 1.58 bits per heavy atom. The number of ether oxygens (including phenoxy) is 2. The third-order valence-electron chi connectivity index (χ3n) is 2.96. The van der Waals surface area contributed by atoms with E-state index < -0.39 is 37.3 Å². The van der Waals surface area contributed by atoms with Crippen LogP contribution in [0.25, 0.3) is 0 Å². The molecule has 26 heavy (non-hydrogen) atoms. The summed E-state index contributed by atoms with van der Waals surface area (Å²) in [5, 5.41) is 9.29. The zero-order valence-electron chi connectivity index (χ0n) is 17.8. The van der Waals surface area contributed by atoms with Crippen molar-refractivity contribution in [2.75, 3.05) is 19.4 Å². The number of carbonyl (C=O) groups excluding carboxylic acids is 1. The Labute approximate surface area is 162 Å². The molecule has 0 spiro atoms. The Kier molecular flexibility index (Phi) is 10.8. The molecule has 0 aliphatic heterocycles. The minimum absolute atomic E-state index is 0.170. The molecule has 9 heteroatoms. The van der Waals surface area contributed by atoms with E-state index in [-0.39, 0.29) is 6.23 Å². The molecule has 1 unspecified atom stereocenters. The molecule has 0 fully saturated rings. The van der Waals surface area contributed by atoms with Crippen molar-refractivity contribution in [3.8, 4) is 0 Å². The average molecular weight is 423 g/mol. The zero-order chi connectivity index (χ0) is 20.6. The van der Waals surface area contributed by atoms with Crippen molar-refractivity contribution in [3.05, 3.63) is 12.2 Å². The summed E-state index contributed by atoms with van der Waals surface area (Å²) in [7, 11) is -6.58. The number of aliphatic hydroxyl groups is 1. The lowest BCUT2D eigenvalue weighted by atomic mass is 10.4. The predicted molar refractivity (Wildman–Crippen MR) is 112 cm³/mol. The van der Waals surface area contributed by atoms with Gasteiger partial charge in [0.2, 0.25) is 0 Å². The van der Waals surface area contributed by atoms with Crippen molar-refractivity contribution in [1.29, 1.82) is 0 Å². The lowest BCUT2D eigenvalue weighted by Crippen LogP contribution is -2.58. The van der Waals surface area contributed by atoms with Crippen molar-refractivity contribution < 1.29 is 27.6 Å². The van der Waals surface area contributed by atoms with Crippen LogP contribution in [0.4, 0.5) is 0 Å². The van der Waals surface area contributed by atoms with Crippen molar-refractivity contribution in [1.82, 2.24) is 0 Å². The van der Waals surface area contributed by atoms with Gasteiger partial charge in [-0.15, -0.1) is 0 Å². The van der Waals surface area contributed by atoms with Gasteiger partial charge in [-0.1, -0.05) is 6.58 Å². The first kappa shape index (κ1) is 25.7. The highest BCUT2D eigenvalue weighted by Gasteiger charge is 2.45. The van der Waals surface area contributed by atoms with Crippen LogP contribution >= 0.6 is 0 Å². The van der Waals surface area contributed by atoms with Crippen LogP contribution in [0.15, 0.2) is 12.2 Å². The summed E-state index contributed by atoms with van der Waals surface area (Å²) in [6.07, 6.45) is 0.423. The van der Waals surface area contributed by atoms with Gasteiger partial charge in [-0.2, -0.15) is 0 Å². The van der Waals surface area contributed by atoms with E-state index in [1.165, 1.54) is 0 Å². The number of carbonyl (C=O) groups is 1. The summed E-state index contributed by atoms with van der Waals surface area (Å²) in [6, 6.07) is 0.685. The highest BCUT2D eigenvalue weighted by molar-refractivity contribution is 6.88. The zero-order valence-corrected chi connectivity index (χ0v) is 20.8. The standard InChI is InChI=1S/C17H38O6Si3/c1-15(2)17(19)21-14-26(22-24(4,5)6,23-25(7,8)9)12-10-11-20-13-16(3)18/h16,18H,1,10-14H2,2-9H3. The summed E-state index contributed by atoms with van der Waals surface area (Å²) in [5.74, 6) is -0.411. The van der Waals surface area contributed by atoms with E-state index in [4.69, 9.17) is 17.7 Å². The Morgan fingerprint density at radius 1 is 1.08 bits per heavy atom. The SMILES string of the molecule is C=C(C)C(=O)OC[Si](CCCOCC(C)O)(O[Si](C)(C)C)O[Si](C)(C)C. The van der Waals surface area contributed by atoms with Crippen molar-refractivity contribution in [2.45, 2.75) is 71.7 Å². The third kappa shape index (κ3) is 13.0. The maximum atomic E-state index is 11.9. The van der Waals surface area contributed by atoms with E-state index in [9.17, 15) is 9.90 Å². The normalized spacial score (nSPS) is 14.2. The van der Waals surface area contributed by atoms with Crippen LogP contribution in [0.1, 0.15) is 20.3 Å². The molecule has 0 heterocycles. The molecular weight excluding hydrogens is 384 g/mol. The van der Waals surface area contributed by atoms with Gasteiger partial charge in [0.1, 0.15) is 6.23 Å². The number of rotatable bonds is 13. The molecule has 1 N–H and O–H groups in total. The van der Waals surface area contributed by atoms with Crippen LogP contribution in [0.3, 0.4) is 0 Å². The molecule has 0 aromatic rings. The van der Waals surface area contributed by atoms with Gasteiger partial charge in [-0.3, -0.25) is 0 Å². The van der Waals surface area contributed by atoms with E-state index in [1.807, 2.05) is 0 Å². The summed E-state index contributed by atoms with van der Waals surface area (Å²) in [4.78, 5) is 11.9. The van der Waals surface area contributed by atoms with Crippen LogP contribution in [0.5, 0.6) is 0 Å². The lowest BCUT2D eigenvalue weighted by Gasteiger charge is -2.40. The van der Waals surface area contributed by atoms with E-state index >= 15 is 0 Å². The van der Waals surface area contributed by atoms with Crippen LogP contribution in [0, 0.1) is 0 Å². The lowest BCUT2D eigenvalue weighted by molar-refractivity contribution is -0.137. The summed E-state index contributed by atoms with van der Waals surface area (Å²) in [5.41, 5.74) is 0.370. The first-order valence-electron chi connectivity index (χ1n) is 9.15. The summed E-state index contributed by atoms with van der Waals surface area (Å²) >= 11 is 0. The van der Waals surface area contributed by atoms with Gasteiger partial charge < -0.3 is 22.8 Å². The van der Waals surface area contributed by atoms with Gasteiger partial charge in [0.25, 0.3) is 0 Å². The second kappa shape index (κ2) is 10.9. The van der Waals surface area contributed by atoms with Gasteiger partial charge >= 0.3 is 14.5 Å². The molecule has 0 bridgehead atoms. The third-order valence-corrected chi connectivity index (χ3v) is 12.5. The molecule has 0 rings (SSSR count). The highest BCUT2D eigenvalue weighted by atomic mass is 28.5. The van der Waals surface area contributed by atoms with Crippen LogP contribution < -0.4 is 0 Å². The van der Waals surface area contributed by atoms with Crippen molar-refractivity contribution in [2.24, 2.45) is 0 Å². The first-order valence-corrected chi connectivity index (χ1v) is 18.2. The minimum Gasteiger partial charge on any atom is -0.460 e. The molecule has 0 saturated heterocycles. The molecule has 0 aromatic heterocycles. The number of hydrogen-bond acceptors (Lipinski definition) is 6. The maximum Gasteiger partial charge on any atom is 0.356 e. The van der Waals surface area contributed by atoms with Gasteiger partial charge in [0.15, 0.2) is 16.6 Å². The second-order valence-corrected chi connectivity index (χ2v) is 21.4. The smallest absolute Gasteiger partial charge is 0.356 e. The Balaban J connectivity index is 5.23. The molecule has 1 atom stereocenters. The molecule has 0 aromatic carbocycles. The predicted octanol–water partition coefficient (Wildman–Crippen LogP) is 3.58. The molecule has 0 amide bonds. The topological polar surface area (TPSA) is 74.2 Å². The largest absolute Gasteiger partial charge is 0.460 e. The Morgan fingerprint density at radius 3 is 1.96 bits per heavy atom. The Hall–Kier alpha value is -0.299. The van der Waals surface area contributed by atoms with Crippen LogP contribution in [-0.2, 0) is 22.5 Å². The fraction of sp³-hybridized carbons (Fsp3) is 0.824. The monoisotopic (exact) mass is 422 g/mol. The molecule has 0 radical (unpaired) electrons. The molecule has 0 aliphatic rings. The molecule has 154 valence electrons. The van der Waals surface area contributed by atoms with Gasteiger partial charge in [-0.05, 0) is 65.6 Å². The van der Waals surface area contributed by atoms with Crippen LogP contribution in [-0.4, -0.2) is 61.8 Å².